The second kappa shape index (κ2) is 6.98. The Balaban J connectivity index is 1.84. The molecule has 1 amide bonds. The minimum absolute atomic E-state index is 0.00785. The fourth-order valence-electron chi connectivity index (χ4n) is 3.92. The van der Waals surface area contributed by atoms with Crippen LogP contribution in [0, 0.1) is 5.92 Å². The largest absolute Gasteiger partial charge is 0.381 e. The maximum absolute atomic E-state index is 13.0. The number of halogens is 2. The Bertz CT molecular complexity index is 595. The summed E-state index contributed by atoms with van der Waals surface area (Å²) in [5.74, 6) is 0.293. The van der Waals surface area contributed by atoms with Crippen LogP contribution in [0.2, 0.25) is 10.0 Å². The number of amides is 1. The van der Waals surface area contributed by atoms with Crippen molar-refractivity contribution < 1.29 is 14.3 Å². The Labute approximate surface area is 146 Å². The minimum Gasteiger partial charge on any atom is -0.381 e. The highest BCUT2D eigenvalue weighted by Crippen LogP contribution is 2.38. The SMILES string of the molecule is CO[C@H]1CN(C(=O)c2ccc(Cl)cc2Cl)[C@@H]2CC[C@@H](OC)C1C2. The van der Waals surface area contributed by atoms with Gasteiger partial charge in [-0.3, -0.25) is 4.79 Å². The number of nitrogens with zero attached hydrogens (tertiary/aromatic N) is 1. The quantitative estimate of drug-likeness (QED) is 0.828. The number of ether oxygens (including phenoxy) is 2. The standard InChI is InChI=1S/C17H21Cl2NO3/c1-22-15-6-4-11-8-13(15)16(23-2)9-20(11)17(21)12-5-3-10(18)7-14(12)19/h3,5,7,11,13,15-16H,4,6,8-9H2,1-2H3/t11-,13?,15-,16+/m1/s1. The predicted molar refractivity (Wildman–Crippen MR) is 90.2 cm³/mol. The summed E-state index contributed by atoms with van der Waals surface area (Å²) in [6.45, 7) is 0.573. The maximum atomic E-state index is 13.0. The Morgan fingerprint density at radius 2 is 1.91 bits per heavy atom. The lowest BCUT2D eigenvalue weighted by Crippen LogP contribution is -2.58. The Hall–Kier alpha value is -0.810. The highest BCUT2D eigenvalue weighted by molar-refractivity contribution is 6.36. The number of likely N-dealkylation sites (tertiary alicyclic amines) is 1. The normalized spacial score (nSPS) is 30.3. The molecule has 23 heavy (non-hydrogen) atoms. The first-order chi connectivity index (χ1) is 11.0. The molecule has 1 aromatic rings. The van der Waals surface area contributed by atoms with Gasteiger partial charge in [-0.1, -0.05) is 23.2 Å². The molecule has 1 unspecified atom stereocenters. The van der Waals surface area contributed by atoms with E-state index in [0.717, 1.165) is 19.3 Å². The van der Waals surface area contributed by atoms with Crippen molar-refractivity contribution >= 4 is 29.1 Å². The van der Waals surface area contributed by atoms with Crippen molar-refractivity contribution in [3.05, 3.63) is 33.8 Å². The van der Waals surface area contributed by atoms with Crippen LogP contribution in [0.4, 0.5) is 0 Å². The molecule has 0 spiro atoms. The van der Waals surface area contributed by atoms with Gasteiger partial charge in [-0.2, -0.15) is 0 Å². The molecule has 0 N–H and O–H groups in total. The van der Waals surface area contributed by atoms with Gasteiger partial charge in [-0.15, -0.1) is 0 Å². The average Bonchev–Trinajstić information content (AvgIpc) is 2.55. The van der Waals surface area contributed by atoms with E-state index in [4.69, 9.17) is 32.7 Å². The van der Waals surface area contributed by atoms with Crippen LogP contribution >= 0.6 is 23.2 Å². The van der Waals surface area contributed by atoms with Gasteiger partial charge in [-0.25, -0.2) is 0 Å². The van der Waals surface area contributed by atoms with Crippen molar-refractivity contribution in [3.8, 4) is 0 Å². The molecular formula is C17H21Cl2NO3. The minimum atomic E-state index is -0.0481. The van der Waals surface area contributed by atoms with E-state index in [0.29, 0.717) is 28.1 Å². The monoisotopic (exact) mass is 357 g/mol. The Morgan fingerprint density at radius 1 is 1.17 bits per heavy atom. The summed E-state index contributed by atoms with van der Waals surface area (Å²) in [4.78, 5) is 14.9. The molecule has 0 aromatic heterocycles. The summed E-state index contributed by atoms with van der Waals surface area (Å²) in [5.41, 5.74) is 0.498. The van der Waals surface area contributed by atoms with Gasteiger partial charge in [0.15, 0.2) is 0 Å². The first-order valence-corrected chi connectivity index (χ1v) is 8.62. The number of hydrogen-bond acceptors (Lipinski definition) is 3. The molecule has 1 saturated heterocycles. The number of carbonyl (C=O) groups excluding carboxylic acids is 1. The van der Waals surface area contributed by atoms with E-state index in [1.54, 1.807) is 32.4 Å². The number of piperidine rings is 1. The number of carbonyl (C=O) groups is 1. The van der Waals surface area contributed by atoms with Crippen molar-refractivity contribution in [2.24, 2.45) is 5.92 Å². The fourth-order valence-corrected chi connectivity index (χ4v) is 4.40. The highest BCUT2D eigenvalue weighted by atomic mass is 35.5. The van der Waals surface area contributed by atoms with Crippen molar-refractivity contribution in [1.29, 1.82) is 0 Å². The van der Waals surface area contributed by atoms with Gasteiger partial charge in [0, 0.05) is 37.7 Å². The van der Waals surface area contributed by atoms with Crippen LogP contribution in [0.25, 0.3) is 0 Å². The van der Waals surface area contributed by atoms with Crippen molar-refractivity contribution in [3.63, 3.8) is 0 Å². The third kappa shape index (κ3) is 3.22. The van der Waals surface area contributed by atoms with Crippen LogP contribution in [-0.2, 0) is 9.47 Å². The molecule has 1 saturated carbocycles. The zero-order valence-corrected chi connectivity index (χ0v) is 14.8. The summed E-state index contributed by atoms with van der Waals surface area (Å²) in [5, 5.41) is 0.921. The first kappa shape index (κ1) is 17.0. The van der Waals surface area contributed by atoms with E-state index >= 15 is 0 Å². The molecule has 1 heterocycles. The van der Waals surface area contributed by atoms with Crippen LogP contribution in [0.15, 0.2) is 18.2 Å². The molecule has 1 aromatic carbocycles. The number of methoxy groups -OCH3 is 2. The molecule has 2 bridgehead atoms. The van der Waals surface area contributed by atoms with E-state index in [1.807, 2.05) is 4.90 Å². The summed E-state index contributed by atoms with van der Waals surface area (Å²) < 4.78 is 11.2. The van der Waals surface area contributed by atoms with Gasteiger partial charge >= 0.3 is 0 Å². The third-order valence-corrected chi connectivity index (χ3v) is 5.68. The van der Waals surface area contributed by atoms with Crippen molar-refractivity contribution in [2.45, 2.75) is 37.5 Å². The van der Waals surface area contributed by atoms with Gasteiger partial charge in [0.25, 0.3) is 5.91 Å². The first-order valence-electron chi connectivity index (χ1n) is 7.86. The fraction of sp³-hybridized carbons (Fsp3) is 0.588. The van der Waals surface area contributed by atoms with Gasteiger partial charge in [-0.05, 0) is 37.5 Å². The topological polar surface area (TPSA) is 38.8 Å². The molecule has 126 valence electrons. The molecule has 2 aliphatic rings. The molecule has 2 fully saturated rings. The van der Waals surface area contributed by atoms with Crippen LogP contribution in [-0.4, -0.2) is 49.8 Å². The van der Waals surface area contributed by atoms with Gasteiger partial charge in [0.2, 0.25) is 0 Å². The lowest BCUT2D eigenvalue weighted by molar-refractivity contribution is -0.105. The summed E-state index contributed by atoms with van der Waals surface area (Å²) in [7, 11) is 3.45. The molecule has 1 aliphatic heterocycles. The van der Waals surface area contributed by atoms with E-state index in [1.165, 1.54) is 0 Å². The van der Waals surface area contributed by atoms with E-state index < -0.39 is 0 Å². The lowest BCUT2D eigenvalue weighted by Gasteiger charge is -2.49. The highest BCUT2D eigenvalue weighted by Gasteiger charge is 2.45. The number of fused-ring (bicyclic) bond motifs is 2. The molecule has 3 rings (SSSR count). The number of rotatable bonds is 3. The summed E-state index contributed by atoms with van der Waals surface area (Å²) in [6.07, 6.45) is 3.01. The third-order valence-electron chi connectivity index (χ3n) is 5.13. The molecular weight excluding hydrogens is 337 g/mol. The number of benzene rings is 1. The Kier molecular flexibility index (Phi) is 5.16. The zero-order chi connectivity index (χ0) is 16.6. The molecule has 0 radical (unpaired) electrons. The Morgan fingerprint density at radius 3 is 2.57 bits per heavy atom. The molecule has 4 atom stereocenters. The van der Waals surface area contributed by atoms with E-state index in [-0.39, 0.29) is 24.2 Å². The molecule has 4 nitrogen and oxygen atoms in total. The summed E-state index contributed by atoms with van der Waals surface area (Å²) >= 11 is 12.1. The number of hydrogen-bond donors (Lipinski definition) is 0. The molecule has 6 heteroatoms. The maximum Gasteiger partial charge on any atom is 0.255 e. The lowest BCUT2D eigenvalue weighted by atomic mass is 9.75. The average molecular weight is 358 g/mol. The molecule has 1 aliphatic carbocycles. The van der Waals surface area contributed by atoms with Gasteiger partial charge < -0.3 is 14.4 Å². The smallest absolute Gasteiger partial charge is 0.255 e. The van der Waals surface area contributed by atoms with Crippen molar-refractivity contribution in [1.82, 2.24) is 4.90 Å². The van der Waals surface area contributed by atoms with Crippen LogP contribution in [0.5, 0.6) is 0 Å². The van der Waals surface area contributed by atoms with E-state index in [2.05, 4.69) is 0 Å². The summed E-state index contributed by atoms with van der Waals surface area (Å²) in [6, 6.07) is 5.22. The van der Waals surface area contributed by atoms with E-state index in [9.17, 15) is 4.79 Å². The zero-order valence-electron chi connectivity index (χ0n) is 13.3. The van der Waals surface area contributed by atoms with Gasteiger partial charge in [0.1, 0.15) is 0 Å². The van der Waals surface area contributed by atoms with Crippen LogP contribution in [0.1, 0.15) is 29.6 Å². The van der Waals surface area contributed by atoms with Crippen LogP contribution < -0.4 is 0 Å². The second-order valence-electron chi connectivity index (χ2n) is 6.26. The van der Waals surface area contributed by atoms with Crippen LogP contribution in [0.3, 0.4) is 0 Å². The van der Waals surface area contributed by atoms with Crippen molar-refractivity contribution in [2.75, 3.05) is 20.8 Å². The van der Waals surface area contributed by atoms with Gasteiger partial charge in [0.05, 0.1) is 22.8 Å². The predicted octanol–water partition coefficient (Wildman–Crippen LogP) is 3.65. The second-order valence-corrected chi connectivity index (χ2v) is 7.10.